The SMILES string of the molecule is C=C(Nc1cccc(-c2cn(C)c(=O)c(Nc3ccc(C(=C)N(CC)CCC)cc3)n2)c1C)c1ccc(C2CCCCC2)cc1. The first-order valence-electron chi connectivity index (χ1n) is 16.3. The molecule has 1 aliphatic carbocycles. The van der Waals surface area contributed by atoms with Gasteiger partial charge >= 0.3 is 0 Å². The summed E-state index contributed by atoms with van der Waals surface area (Å²) in [6.07, 6.45) is 9.47. The van der Waals surface area contributed by atoms with Gasteiger partial charge in [0.1, 0.15) is 0 Å². The molecule has 6 heteroatoms. The normalized spacial score (nSPS) is 13.3. The van der Waals surface area contributed by atoms with E-state index in [1.807, 2.05) is 36.4 Å². The van der Waals surface area contributed by atoms with Gasteiger partial charge in [-0.25, -0.2) is 4.98 Å². The lowest BCUT2D eigenvalue weighted by molar-refractivity contribution is 0.418. The first-order chi connectivity index (χ1) is 21.8. The fourth-order valence-corrected chi connectivity index (χ4v) is 6.31. The predicted molar refractivity (Wildman–Crippen MR) is 191 cm³/mol. The van der Waals surface area contributed by atoms with Crippen LogP contribution in [-0.4, -0.2) is 27.5 Å². The second kappa shape index (κ2) is 14.5. The van der Waals surface area contributed by atoms with Crippen LogP contribution in [0.4, 0.5) is 17.2 Å². The minimum Gasteiger partial charge on any atom is -0.372 e. The lowest BCUT2D eigenvalue weighted by Crippen LogP contribution is -2.22. The van der Waals surface area contributed by atoms with Gasteiger partial charge in [-0.05, 0) is 79.5 Å². The summed E-state index contributed by atoms with van der Waals surface area (Å²) in [5.41, 5.74) is 9.69. The van der Waals surface area contributed by atoms with E-state index in [0.29, 0.717) is 11.6 Å². The van der Waals surface area contributed by atoms with Gasteiger partial charge in [-0.1, -0.05) is 87.9 Å². The molecule has 1 heterocycles. The lowest BCUT2D eigenvalue weighted by Gasteiger charge is -2.25. The standard InChI is InChI=1S/C39H47N5O/c1-7-25-44(8-2)29(5)31-21-23-34(24-22-31)41-38-39(45)43(6)26-37(42-38)35-15-12-16-36(27(35)3)40-28(4)30-17-19-33(20-18-30)32-13-10-9-11-14-32/h12,15-24,26,32,40H,4-5,7-11,13-14,25H2,1-3,6H3,(H,41,42). The third-order valence-corrected chi connectivity index (χ3v) is 9.04. The van der Waals surface area contributed by atoms with Gasteiger partial charge in [0.2, 0.25) is 0 Å². The molecule has 0 saturated heterocycles. The topological polar surface area (TPSA) is 62.2 Å². The van der Waals surface area contributed by atoms with Crippen LogP contribution in [0.5, 0.6) is 0 Å². The van der Waals surface area contributed by atoms with Crippen LogP contribution in [0.3, 0.4) is 0 Å². The molecule has 0 spiro atoms. The molecule has 4 aromatic rings. The second-order valence-corrected chi connectivity index (χ2v) is 12.2. The molecule has 45 heavy (non-hydrogen) atoms. The fraction of sp³-hybridized carbons (Fsp3) is 0.333. The molecule has 0 amide bonds. The number of aromatic nitrogens is 2. The van der Waals surface area contributed by atoms with Crippen LogP contribution >= 0.6 is 0 Å². The Labute approximate surface area is 268 Å². The van der Waals surface area contributed by atoms with Gasteiger partial charge in [0.05, 0.1) is 5.69 Å². The molecule has 6 nitrogen and oxygen atoms in total. The smallest absolute Gasteiger partial charge is 0.293 e. The number of nitrogens with zero attached hydrogens (tertiary/aromatic N) is 3. The van der Waals surface area contributed by atoms with E-state index in [0.717, 1.165) is 64.5 Å². The highest BCUT2D eigenvalue weighted by atomic mass is 16.1. The third kappa shape index (κ3) is 7.39. The Bertz CT molecular complexity index is 1700. The molecule has 1 saturated carbocycles. The van der Waals surface area contributed by atoms with Crippen LogP contribution in [0.25, 0.3) is 22.7 Å². The molecule has 234 valence electrons. The average molecular weight is 602 g/mol. The van der Waals surface area contributed by atoms with Crippen LogP contribution in [-0.2, 0) is 7.05 Å². The van der Waals surface area contributed by atoms with Crippen molar-refractivity contribution in [2.45, 2.75) is 65.2 Å². The van der Waals surface area contributed by atoms with Crippen LogP contribution in [0, 0.1) is 6.92 Å². The second-order valence-electron chi connectivity index (χ2n) is 12.2. The average Bonchev–Trinajstić information content (AvgIpc) is 3.07. The van der Waals surface area contributed by atoms with E-state index in [4.69, 9.17) is 4.98 Å². The van der Waals surface area contributed by atoms with Crippen molar-refractivity contribution in [3.63, 3.8) is 0 Å². The van der Waals surface area contributed by atoms with Gasteiger partial charge in [0, 0.05) is 54.7 Å². The van der Waals surface area contributed by atoms with Crippen molar-refractivity contribution >= 4 is 28.6 Å². The zero-order chi connectivity index (χ0) is 31.9. The Morgan fingerprint density at radius 2 is 1.64 bits per heavy atom. The van der Waals surface area contributed by atoms with Gasteiger partial charge in [-0.2, -0.15) is 0 Å². The van der Waals surface area contributed by atoms with Gasteiger partial charge < -0.3 is 20.1 Å². The van der Waals surface area contributed by atoms with Gasteiger partial charge in [-0.15, -0.1) is 0 Å². The molecule has 1 aromatic heterocycles. The Morgan fingerprint density at radius 3 is 2.31 bits per heavy atom. The summed E-state index contributed by atoms with van der Waals surface area (Å²) in [6.45, 7) is 16.9. The van der Waals surface area contributed by atoms with Crippen LogP contribution < -0.4 is 16.2 Å². The minimum absolute atomic E-state index is 0.190. The van der Waals surface area contributed by atoms with E-state index in [1.54, 1.807) is 17.8 Å². The summed E-state index contributed by atoms with van der Waals surface area (Å²) in [5.74, 6) is 0.964. The Balaban J connectivity index is 1.33. The van der Waals surface area contributed by atoms with Crippen molar-refractivity contribution in [3.05, 3.63) is 119 Å². The van der Waals surface area contributed by atoms with E-state index < -0.39 is 0 Å². The van der Waals surface area contributed by atoms with Crippen LogP contribution in [0.15, 0.2) is 90.9 Å². The molecule has 0 atom stereocenters. The molecule has 0 aliphatic heterocycles. The van der Waals surface area contributed by atoms with E-state index >= 15 is 0 Å². The molecule has 3 aromatic carbocycles. The Kier molecular flexibility index (Phi) is 10.2. The summed E-state index contributed by atoms with van der Waals surface area (Å²) >= 11 is 0. The van der Waals surface area contributed by atoms with Crippen molar-refractivity contribution in [1.29, 1.82) is 0 Å². The maximum absolute atomic E-state index is 13.1. The number of aryl methyl sites for hydroxylation is 1. The number of benzene rings is 3. The molecular weight excluding hydrogens is 554 g/mol. The van der Waals surface area contributed by atoms with Crippen molar-refractivity contribution < 1.29 is 0 Å². The maximum Gasteiger partial charge on any atom is 0.293 e. The van der Waals surface area contributed by atoms with E-state index in [9.17, 15) is 4.79 Å². The highest BCUT2D eigenvalue weighted by Gasteiger charge is 2.17. The molecule has 0 unspecified atom stereocenters. The third-order valence-electron chi connectivity index (χ3n) is 9.04. The van der Waals surface area contributed by atoms with Gasteiger partial charge in [0.25, 0.3) is 5.56 Å². The van der Waals surface area contributed by atoms with Gasteiger partial charge in [0.15, 0.2) is 5.82 Å². The summed E-state index contributed by atoms with van der Waals surface area (Å²) in [5, 5.41) is 6.79. The molecule has 2 N–H and O–H groups in total. The first kappa shape index (κ1) is 31.8. The van der Waals surface area contributed by atoms with Crippen molar-refractivity contribution in [1.82, 2.24) is 14.5 Å². The number of anilines is 3. The zero-order valence-electron chi connectivity index (χ0n) is 27.3. The van der Waals surface area contributed by atoms with E-state index in [2.05, 4.69) is 79.8 Å². The Hall–Kier alpha value is -4.58. The monoisotopic (exact) mass is 601 g/mol. The highest BCUT2D eigenvalue weighted by Crippen LogP contribution is 2.34. The quantitative estimate of drug-likeness (QED) is 0.169. The number of hydrogen-bond donors (Lipinski definition) is 2. The molecule has 5 rings (SSSR count). The van der Waals surface area contributed by atoms with Crippen molar-refractivity contribution in [2.24, 2.45) is 7.05 Å². The molecule has 1 fully saturated rings. The first-order valence-corrected chi connectivity index (χ1v) is 16.3. The maximum atomic E-state index is 13.1. The van der Waals surface area contributed by atoms with Crippen LogP contribution in [0.1, 0.15) is 80.5 Å². The zero-order valence-corrected chi connectivity index (χ0v) is 27.3. The van der Waals surface area contributed by atoms with E-state index in [1.165, 1.54) is 37.7 Å². The summed E-state index contributed by atoms with van der Waals surface area (Å²) in [6, 6.07) is 23.0. The van der Waals surface area contributed by atoms with Crippen molar-refractivity contribution in [2.75, 3.05) is 23.7 Å². The van der Waals surface area contributed by atoms with Gasteiger partial charge in [-0.3, -0.25) is 4.79 Å². The highest BCUT2D eigenvalue weighted by molar-refractivity contribution is 5.81. The lowest BCUT2D eigenvalue weighted by atomic mass is 9.84. The molecule has 0 bridgehead atoms. The molecular formula is C39H47N5O. The molecule has 0 radical (unpaired) electrons. The molecule has 1 aliphatic rings. The fourth-order valence-electron chi connectivity index (χ4n) is 6.31. The number of nitrogens with one attached hydrogen (secondary N) is 2. The van der Waals surface area contributed by atoms with E-state index in [-0.39, 0.29) is 11.4 Å². The summed E-state index contributed by atoms with van der Waals surface area (Å²) in [4.78, 5) is 20.2. The van der Waals surface area contributed by atoms with Crippen molar-refractivity contribution in [3.8, 4) is 11.3 Å². The minimum atomic E-state index is -0.190. The largest absolute Gasteiger partial charge is 0.372 e. The summed E-state index contributed by atoms with van der Waals surface area (Å²) < 4.78 is 1.58. The summed E-state index contributed by atoms with van der Waals surface area (Å²) in [7, 11) is 1.76. The number of rotatable bonds is 12. The predicted octanol–water partition coefficient (Wildman–Crippen LogP) is 9.33. The van der Waals surface area contributed by atoms with Crippen LogP contribution in [0.2, 0.25) is 0 Å². The Morgan fingerprint density at radius 1 is 0.956 bits per heavy atom. The number of hydrogen-bond acceptors (Lipinski definition) is 5.